The van der Waals surface area contributed by atoms with Gasteiger partial charge in [-0.2, -0.15) is 0 Å². The highest BCUT2D eigenvalue weighted by Crippen LogP contribution is 2.27. The minimum Gasteiger partial charge on any atom is -0.492 e. The van der Waals surface area contributed by atoms with Gasteiger partial charge in [-0.25, -0.2) is 0 Å². The maximum atomic E-state index is 5.82. The molecule has 0 amide bonds. The van der Waals surface area contributed by atoms with Gasteiger partial charge >= 0.3 is 0 Å². The molecule has 0 aromatic heterocycles. The van der Waals surface area contributed by atoms with E-state index in [1.165, 1.54) is 5.56 Å². The van der Waals surface area contributed by atoms with E-state index >= 15 is 0 Å². The molecule has 0 aliphatic heterocycles. The Hall–Kier alpha value is -1.02. The molecule has 1 atom stereocenters. The van der Waals surface area contributed by atoms with Crippen molar-refractivity contribution in [2.24, 2.45) is 5.73 Å². The van der Waals surface area contributed by atoms with Gasteiger partial charge in [0.25, 0.3) is 0 Å². The second-order valence-corrected chi connectivity index (χ2v) is 5.24. The van der Waals surface area contributed by atoms with Crippen LogP contribution in [0.1, 0.15) is 46.1 Å². The van der Waals surface area contributed by atoms with Crippen LogP contribution in [-0.2, 0) is 5.41 Å². The second kappa shape index (κ2) is 6.06. The zero-order chi connectivity index (χ0) is 12.9. The van der Waals surface area contributed by atoms with Crippen LogP contribution in [0, 0.1) is 0 Å². The zero-order valence-electron chi connectivity index (χ0n) is 11.5. The summed E-state index contributed by atoms with van der Waals surface area (Å²) in [6.45, 7) is 9.39. The van der Waals surface area contributed by atoms with Gasteiger partial charge in [0.2, 0.25) is 0 Å². The first kappa shape index (κ1) is 14.0. The molecule has 1 unspecified atom stereocenters. The van der Waals surface area contributed by atoms with Gasteiger partial charge in [0.05, 0.1) is 0 Å². The van der Waals surface area contributed by atoms with Gasteiger partial charge in [-0.05, 0) is 36.0 Å². The number of rotatable bonds is 6. The molecule has 1 aromatic rings. The van der Waals surface area contributed by atoms with Crippen molar-refractivity contribution in [2.45, 2.75) is 52.0 Å². The Balaban J connectivity index is 2.62. The van der Waals surface area contributed by atoms with Crippen molar-refractivity contribution < 1.29 is 4.74 Å². The van der Waals surface area contributed by atoms with Crippen LogP contribution in [0.3, 0.4) is 0 Å². The zero-order valence-corrected chi connectivity index (χ0v) is 11.5. The van der Waals surface area contributed by atoms with Crippen LogP contribution < -0.4 is 10.5 Å². The Morgan fingerprint density at radius 1 is 1.18 bits per heavy atom. The first-order valence-electron chi connectivity index (χ1n) is 6.48. The molecule has 1 aromatic carbocycles. The van der Waals surface area contributed by atoms with Crippen LogP contribution in [0.15, 0.2) is 24.3 Å². The van der Waals surface area contributed by atoms with Crippen molar-refractivity contribution >= 4 is 0 Å². The van der Waals surface area contributed by atoms with Gasteiger partial charge in [0, 0.05) is 6.04 Å². The lowest BCUT2D eigenvalue weighted by Crippen LogP contribution is -2.26. The van der Waals surface area contributed by atoms with E-state index in [4.69, 9.17) is 10.5 Å². The molecule has 2 N–H and O–H groups in total. The van der Waals surface area contributed by atoms with E-state index < -0.39 is 0 Å². The largest absolute Gasteiger partial charge is 0.492 e. The van der Waals surface area contributed by atoms with Crippen LogP contribution in [0.5, 0.6) is 5.75 Å². The molecule has 0 radical (unpaired) electrons. The lowest BCUT2D eigenvalue weighted by atomic mass is 9.82. The summed E-state index contributed by atoms with van der Waals surface area (Å²) in [5.41, 5.74) is 7.40. The van der Waals surface area contributed by atoms with Crippen molar-refractivity contribution in [3.8, 4) is 5.75 Å². The van der Waals surface area contributed by atoms with E-state index in [0.29, 0.717) is 6.61 Å². The summed E-state index contributed by atoms with van der Waals surface area (Å²) in [6, 6.07) is 8.50. The van der Waals surface area contributed by atoms with E-state index in [-0.39, 0.29) is 11.5 Å². The Kier molecular flexibility index (Phi) is 5.01. The number of nitrogens with two attached hydrogens (primary N) is 1. The first-order chi connectivity index (χ1) is 7.99. The predicted octanol–water partition coefficient (Wildman–Crippen LogP) is 3.49. The average Bonchev–Trinajstić information content (AvgIpc) is 2.36. The summed E-state index contributed by atoms with van der Waals surface area (Å²) >= 11 is 0. The molecule has 0 spiro atoms. The number of benzene rings is 1. The molecule has 0 saturated carbocycles. The monoisotopic (exact) mass is 235 g/mol. The molecule has 0 fully saturated rings. The van der Waals surface area contributed by atoms with Gasteiger partial charge in [-0.1, -0.05) is 39.8 Å². The summed E-state index contributed by atoms with van der Waals surface area (Å²) in [6.07, 6.45) is 2.08. The highest BCUT2D eigenvalue weighted by atomic mass is 16.5. The van der Waals surface area contributed by atoms with Crippen LogP contribution in [-0.4, -0.2) is 12.6 Å². The van der Waals surface area contributed by atoms with Crippen LogP contribution in [0.25, 0.3) is 0 Å². The molecule has 17 heavy (non-hydrogen) atoms. The summed E-state index contributed by atoms with van der Waals surface area (Å²) in [7, 11) is 0. The van der Waals surface area contributed by atoms with Crippen molar-refractivity contribution in [1.29, 1.82) is 0 Å². The molecule has 1 rings (SSSR count). The predicted molar refractivity (Wildman–Crippen MR) is 73.5 cm³/mol. The van der Waals surface area contributed by atoms with E-state index in [9.17, 15) is 0 Å². The molecule has 2 heteroatoms. The molecule has 0 aliphatic rings. The Morgan fingerprint density at radius 3 is 2.24 bits per heavy atom. The van der Waals surface area contributed by atoms with Crippen molar-refractivity contribution in [3.05, 3.63) is 29.8 Å². The average molecular weight is 235 g/mol. The third kappa shape index (κ3) is 4.04. The minimum atomic E-state index is 0.127. The fraction of sp³-hybridized carbons (Fsp3) is 0.600. The maximum Gasteiger partial charge on any atom is 0.119 e. The van der Waals surface area contributed by atoms with Crippen LogP contribution in [0.2, 0.25) is 0 Å². The number of ether oxygens (including phenoxy) is 1. The minimum absolute atomic E-state index is 0.127. The van der Waals surface area contributed by atoms with Gasteiger partial charge in [-0.15, -0.1) is 0 Å². The van der Waals surface area contributed by atoms with Crippen molar-refractivity contribution in [2.75, 3.05) is 6.61 Å². The lowest BCUT2D eigenvalue weighted by Gasteiger charge is -2.23. The fourth-order valence-corrected chi connectivity index (χ4v) is 1.53. The van der Waals surface area contributed by atoms with E-state index in [0.717, 1.165) is 18.6 Å². The standard InChI is InChI=1S/C15H25NO/c1-5-13(16)11-17-14-9-7-12(8-10-14)15(3,4)6-2/h7-10,13H,5-6,11,16H2,1-4H3. The van der Waals surface area contributed by atoms with Crippen LogP contribution >= 0.6 is 0 Å². The van der Waals surface area contributed by atoms with Crippen molar-refractivity contribution in [3.63, 3.8) is 0 Å². The van der Waals surface area contributed by atoms with Crippen LogP contribution in [0.4, 0.5) is 0 Å². The van der Waals surface area contributed by atoms with Crippen molar-refractivity contribution in [1.82, 2.24) is 0 Å². The molecule has 0 saturated heterocycles. The molecule has 0 aliphatic carbocycles. The number of hydrogen-bond acceptors (Lipinski definition) is 2. The first-order valence-corrected chi connectivity index (χ1v) is 6.48. The quantitative estimate of drug-likeness (QED) is 0.819. The SMILES string of the molecule is CCC(N)COc1ccc(C(C)(C)CC)cc1. The normalized spacial score (nSPS) is 13.5. The second-order valence-electron chi connectivity index (χ2n) is 5.24. The topological polar surface area (TPSA) is 35.2 Å². The molecule has 0 bridgehead atoms. The molecule has 0 heterocycles. The molecule has 96 valence electrons. The molecule has 2 nitrogen and oxygen atoms in total. The fourth-order valence-electron chi connectivity index (χ4n) is 1.53. The van der Waals surface area contributed by atoms with Gasteiger partial charge in [0.15, 0.2) is 0 Å². The highest BCUT2D eigenvalue weighted by molar-refractivity contribution is 5.31. The van der Waals surface area contributed by atoms with Gasteiger partial charge < -0.3 is 10.5 Å². The summed E-state index contributed by atoms with van der Waals surface area (Å²) in [5.74, 6) is 0.907. The Morgan fingerprint density at radius 2 is 1.76 bits per heavy atom. The van der Waals surface area contributed by atoms with Gasteiger partial charge in [0.1, 0.15) is 12.4 Å². The van der Waals surface area contributed by atoms with E-state index in [1.807, 2.05) is 12.1 Å². The van der Waals surface area contributed by atoms with E-state index in [1.54, 1.807) is 0 Å². The highest BCUT2D eigenvalue weighted by Gasteiger charge is 2.17. The Labute approximate surface area is 105 Å². The lowest BCUT2D eigenvalue weighted by molar-refractivity contribution is 0.285. The van der Waals surface area contributed by atoms with Gasteiger partial charge in [-0.3, -0.25) is 0 Å². The number of hydrogen-bond donors (Lipinski definition) is 1. The summed E-state index contributed by atoms with van der Waals surface area (Å²) < 4.78 is 5.63. The summed E-state index contributed by atoms with van der Waals surface area (Å²) in [4.78, 5) is 0. The summed E-state index contributed by atoms with van der Waals surface area (Å²) in [5, 5.41) is 0. The molecular weight excluding hydrogens is 210 g/mol. The third-order valence-electron chi connectivity index (χ3n) is 3.51. The molecular formula is C15H25NO. The Bertz CT molecular complexity index is 329. The van der Waals surface area contributed by atoms with E-state index in [2.05, 4.69) is 39.8 Å². The smallest absolute Gasteiger partial charge is 0.119 e. The maximum absolute atomic E-state index is 5.82. The third-order valence-corrected chi connectivity index (χ3v) is 3.51.